The molecule has 0 saturated heterocycles. The topological polar surface area (TPSA) is 103 Å². The number of amides is 1. The minimum atomic E-state index is -0.634. The molecule has 0 aliphatic carbocycles. The number of nitrogens with one attached hydrogen (secondary N) is 1. The van der Waals surface area contributed by atoms with Crippen LogP contribution in [0.3, 0.4) is 0 Å². The van der Waals surface area contributed by atoms with Crippen molar-refractivity contribution in [1.82, 2.24) is 4.98 Å². The average Bonchev–Trinajstić information content (AvgIpc) is 2.43. The third-order valence-electron chi connectivity index (χ3n) is 2.61. The first-order valence-electron chi connectivity index (χ1n) is 5.68. The van der Waals surface area contributed by atoms with Gasteiger partial charge in [-0.3, -0.25) is 4.79 Å². The number of rotatable bonds is 4. The van der Waals surface area contributed by atoms with Crippen LogP contribution >= 0.6 is 11.6 Å². The van der Waals surface area contributed by atoms with Crippen LogP contribution in [0.4, 0.5) is 17.2 Å². The number of hydrogen-bond donors (Lipinski definition) is 3. The second-order valence-corrected chi connectivity index (χ2v) is 4.38. The number of nitrogens with zero attached hydrogens (tertiary/aromatic N) is 1. The summed E-state index contributed by atoms with van der Waals surface area (Å²) in [6, 6.07) is 8.10. The number of primary amides is 1. The Hall–Kier alpha value is -2.47. The van der Waals surface area contributed by atoms with Crippen LogP contribution in [0.5, 0.6) is 5.75 Å². The van der Waals surface area contributed by atoms with Gasteiger partial charge in [-0.1, -0.05) is 11.6 Å². The highest BCUT2D eigenvalue weighted by molar-refractivity contribution is 6.33. The summed E-state index contributed by atoms with van der Waals surface area (Å²) in [4.78, 5) is 15.2. The van der Waals surface area contributed by atoms with Crippen molar-refractivity contribution in [2.24, 2.45) is 5.73 Å². The molecule has 0 saturated carbocycles. The van der Waals surface area contributed by atoms with E-state index in [0.29, 0.717) is 28.0 Å². The first-order chi connectivity index (χ1) is 9.51. The molecule has 0 atom stereocenters. The highest BCUT2D eigenvalue weighted by Gasteiger charge is 2.09. The summed E-state index contributed by atoms with van der Waals surface area (Å²) in [5.74, 6) is 0.294. The van der Waals surface area contributed by atoms with E-state index in [-0.39, 0.29) is 5.69 Å². The number of nitrogens with two attached hydrogens (primary N) is 2. The fraction of sp³-hybridized carbons (Fsp3) is 0.0769. The lowest BCUT2D eigenvalue weighted by Crippen LogP contribution is -2.14. The zero-order valence-electron chi connectivity index (χ0n) is 10.7. The summed E-state index contributed by atoms with van der Waals surface area (Å²) in [5, 5.41) is 3.42. The number of ether oxygens (including phenoxy) is 1. The molecule has 1 heterocycles. The van der Waals surface area contributed by atoms with Gasteiger partial charge in [-0.05, 0) is 24.3 Å². The van der Waals surface area contributed by atoms with Gasteiger partial charge in [0.2, 0.25) is 0 Å². The van der Waals surface area contributed by atoms with Crippen molar-refractivity contribution in [2.75, 3.05) is 18.2 Å². The number of pyridine rings is 1. The lowest BCUT2D eigenvalue weighted by Gasteiger charge is -2.11. The highest BCUT2D eigenvalue weighted by atomic mass is 35.5. The number of methoxy groups -OCH3 is 1. The first-order valence-corrected chi connectivity index (χ1v) is 6.06. The molecule has 1 aromatic heterocycles. The van der Waals surface area contributed by atoms with Gasteiger partial charge in [0.15, 0.2) is 5.82 Å². The number of anilines is 3. The first kappa shape index (κ1) is 14.0. The van der Waals surface area contributed by atoms with Crippen molar-refractivity contribution in [3.8, 4) is 5.75 Å². The molecule has 7 heteroatoms. The molecule has 0 unspecified atom stereocenters. The van der Waals surface area contributed by atoms with E-state index in [9.17, 15) is 4.79 Å². The minimum Gasteiger partial charge on any atom is -0.497 e. The zero-order valence-corrected chi connectivity index (χ0v) is 11.4. The van der Waals surface area contributed by atoms with Gasteiger partial charge in [-0.2, -0.15) is 0 Å². The molecule has 20 heavy (non-hydrogen) atoms. The molecule has 0 spiro atoms. The minimum absolute atomic E-state index is 0.112. The molecule has 0 bridgehead atoms. The van der Waals surface area contributed by atoms with Gasteiger partial charge in [0.1, 0.15) is 11.4 Å². The van der Waals surface area contributed by atoms with Crippen molar-refractivity contribution in [1.29, 1.82) is 0 Å². The van der Waals surface area contributed by atoms with Crippen LogP contribution in [0, 0.1) is 0 Å². The smallest absolute Gasteiger partial charge is 0.267 e. The molecule has 5 N–H and O–H groups in total. The SMILES string of the molecule is COc1ccc(Cl)c(Nc2nc(C(N)=O)ccc2N)c1. The van der Waals surface area contributed by atoms with Crippen molar-refractivity contribution in [3.63, 3.8) is 0 Å². The van der Waals surface area contributed by atoms with Crippen LogP contribution in [0.2, 0.25) is 5.02 Å². The highest BCUT2D eigenvalue weighted by Crippen LogP contribution is 2.30. The molecular formula is C13H13ClN4O2. The maximum atomic E-state index is 11.1. The second kappa shape index (κ2) is 5.66. The summed E-state index contributed by atoms with van der Waals surface area (Å²) in [5.41, 5.74) is 12.0. The maximum Gasteiger partial charge on any atom is 0.267 e. The van der Waals surface area contributed by atoms with Gasteiger partial charge in [-0.25, -0.2) is 4.98 Å². The number of hydrogen-bond acceptors (Lipinski definition) is 5. The number of nitrogen functional groups attached to an aromatic ring is 1. The van der Waals surface area contributed by atoms with E-state index in [1.165, 1.54) is 6.07 Å². The van der Waals surface area contributed by atoms with E-state index < -0.39 is 5.91 Å². The Morgan fingerprint density at radius 1 is 1.35 bits per heavy atom. The summed E-state index contributed by atoms with van der Waals surface area (Å²) in [6.07, 6.45) is 0. The number of carbonyl (C=O) groups excluding carboxylic acids is 1. The Bertz CT molecular complexity index is 661. The van der Waals surface area contributed by atoms with E-state index in [1.54, 1.807) is 31.4 Å². The predicted molar refractivity (Wildman–Crippen MR) is 78.5 cm³/mol. The average molecular weight is 293 g/mol. The summed E-state index contributed by atoms with van der Waals surface area (Å²) in [7, 11) is 1.55. The van der Waals surface area contributed by atoms with Crippen molar-refractivity contribution >= 4 is 34.7 Å². The van der Waals surface area contributed by atoms with E-state index >= 15 is 0 Å². The third-order valence-corrected chi connectivity index (χ3v) is 2.94. The Balaban J connectivity index is 2.38. The Kier molecular flexibility index (Phi) is 3.95. The third kappa shape index (κ3) is 2.92. The van der Waals surface area contributed by atoms with Gasteiger partial charge < -0.3 is 21.5 Å². The number of halogens is 1. The largest absolute Gasteiger partial charge is 0.497 e. The Morgan fingerprint density at radius 3 is 2.75 bits per heavy atom. The van der Waals surface area contributed by atoms with Gasteiger partial charge >= 0.3 is 0 Å². The quantitative estimate of drug-likeness (QED) is 0.801. The van der Waals surface area contributed by atoms with E-state index in [0.717, 1.165) is 0 Å². The second-order valence-electron chi connectivity index (χ2n) is 3.97. The van der Waals surface area contributed by atoms with Crippen molar-refractivity contribution in [3.05, 3.63) is 41.0 Å². The molecule has 0 fully saturated rings. The fourth-order valence-electron chi connectivity index (χ4n) is 1.56. The normalized spacial score (nSPS) is 10.1. The Labute approximate surface area is 120 Å². The number of aromatic nitrogens is 1. The molecular weight excluding hydrogens is 280 g/mol. The van der Waals surface area contributed by atoms with Crippen LogP contribution < -0.4 is 21.5 Å². The lowest BCUT2D eigenvalue weighted by atomic mass is 10.2. The predicted octanol–water partition coefficient (Wildman–Crippen LogP) is 2.17. The van der Waals surface area contributed by atoms with Crippen LogP contribution in [0.25, 0.3) is 0 Å². The molecule has 2 rings (SSSR count). The van der Waals surface area contributed by atoms with Gasteiger partial charge in [0, 0.05) is 6.07 Å². The van der Waals surface area contributed by atoms with Gasteiger partial charge in [0.05, 0.1) is 23.5 Å². The van der Waals surface area contributed by atoms with Crippen molar-refractivity contribution < 1.29 is 9.53 Å². The standard InChI is InChI=1S/C13H13ClN4O2/c1-20-7-2-3-8(14)11(6-7)18-13-9(15)4-5-10(17-13)12(16)19/h2-6H,15H2,1H3,(H2,16,19)(H,17,18). The molecule has 0 aliphatic heterocycles. The van der Waals surface area contributed by atoms with Crippen molar-refractivity contribution in [2.45, 2.75) is 0 Å². The molecule has 0 aliphatic rings. The fourth-order valence-corrected chi connectivity index (χ4v) is 1.73. The van der Waals surface area contributed by atoms with Crippen LogP contribution in [0.15, 0.2) is 30.3 Å². The summed E-state index contributed by atoms with van der Waals surface area (Å²) >= 11 is 6.08. The van der Waals surface area contributed by atoms with E-state index in [1.807, 2.05) is 0 Å². The molecule has 0 radical (unpaired) electrons. The summed E-state index contributed by atoms with van der Waals surface area (Å²) in [6.45, 7) is 0. The van der Waals surface area contributed by atoms with Crippen LogP contribution in [0.1, 0.15) is 10.5 Å². The zero-order chi connectivity index (χ0) is 14.7. The maximum absolute atomic E-state index is 11.1. The molecule has 2 aromatic rings. The monoisotopic (exact) mass is 292 g/mol. The van der Waals surface area contributed by atoms with Gasteiger partial charge in [0.25, 0.3) is 5.91 Å². The number of carbonyl (C=O) groups is 1. The van der Waals surface area contributed by atoms with Gasteiger partial charge in [-0.15, -0.1) is 0 Å². The Morgan fingerprint density at radius 2 is 2.10 bits per heavy atom. The lowest BCUT2D eigenvalue weighted by molar-refractivity contribution is 0.0996. The molecule has 1 aromatic carbocycles. The van der Waals surface area contributed by atoms with E-state index in [2.05, 4.69) is 10.3 Å². The van der Waals surface area contributed by atoms with Crippen LogP contribution in [-0.4, -0.2) is 18.0 Å². The molecule has 104 valence electrons. The summed E-state index contributed by atoms with van der Waals surface area (Å²) < 4.78 is 5.12. The molecule has 6 nitrogen and oxygen atoms in total. The van der Waals surface area contributed by atoms with E-state index in [4.69, 9.17) is 27.8 Å². The molecule has 1 amide bonds. The number of benzene rings is 1. The van der Waals surface area contributed by atoms with Crippen LogP contribution in [-0.2, 0) is 0 Å².